The van der Waals surface area contributed by atoms with E-state index in [1.54, 1.807) is 11.3 Å². The van der Waals surface area contributed by atoms with Crippen molar-refractivity contribution in [2.45, 2.75) is 44.2 Å². The van der Waals surface area contributed by atoms with Crippen LogP contribution in [0.3, 0.4) is 0 Å². The molecular weight excluding hydrogens is 354 g/mol. The van der Waals surface area contributed by atoms with Gasteiger partial charge in [-0.25, -0.2) is 4.98 Å². The van der Waals surface area contributed by atoms with Crippen molar-refractivity contribution >= 4 is 17.6 Å². The summed E-state index contributed by atoms with van der Waals surface area (Å²) >= 11 is 1.67. The molecule has 0 radical (unpaired) electrons. The Bertz CT molecular complexity index is 767. The number of benzene rings is 1. The molecule has 1 aromatic carbocycles. The van der Waals surface area contributed by atoms with Gasteiger partial charge in [-0.05, 0) is 68.6 Å². The van der Waals surface area contributed by atoms with E-state index in [2.05, 4.69) is 45.2 Å². The first-order chi connectivity index (χ1) is 13.3. The van der Waals surface area contributed by atoms with Crippen LogP contribution in [0.15, 0.2) is 53.0 Å². The molecule has 1 unspecified atom stereocenters. The van der Waals surface area contributed by atoms with Crippen molar-refractivity contribution in [3.63, 3.8) is 0 Å². The molecule has 1 atom stereocenters. The fraction of sp³-hybridized carbons (Fsp3) is 0.455. The van der Waals surface area contributed by atoms with Crippen LogP contribution in [0, 0.1) is 0 Å². The second-order valence-electron chi connectivity index (χ2n) is 7.34. The van der Waals surface area contributed by atoms with Crippen LogP contribution in [0.25, 0.3) is 0 Å². The molecule has 0 amide bonds. The Morgan fingerprint density at radius 2 is 2.11 bits per heavy atom. The summed E-state index contributed by atoms with van der Waals surface area (Å²) in [5.41, 5.74) is 1.06. The fourth-order valence-electron chi connectivity index (χ4n) is 3.88. The van der Waals surface area contributed by atoms with E-state index in [1.165, 1.54) is 37.9 Å². The van der Waals surface area contributed by atoms with Crippen LogP contribution in [-0.4, -0.2) is 35.8 Å². The maximum Gasteiger partial charge on any atom is 0.131 e. The molecule has 4 nitrogen and oxygen atoms in total. The van der Waals surface area contributed by atoms with Crippen molar-refractivity contribution in [1.82, 2.24) is 9.88 Å². The number of hydrogen-bond donors (Lipinski definition) is 0. The van der Waals surface area contributed by atoms with Crippen molar-refractivity contribution < 1.29 is 4.74 Å². The van der Waals surface area contributed by atoms with Gasteiger partial charge in [0.25, 0.3) is 0 Å². The van der Waals surface area contributed by atoms with Gasteiger partial charge >= 0.3 is 0 Å². The number of ether oxygens (including phenoxy) is 1. The summed E-state index contributed by atoms with van der Waals surface area (Å²) in [5, 5.41) is 3.08. The molecule has 1 fully saturated rings. The minimum atomic E-state index is -0.284. The molecule has 27 heavy (non-hydrogen) atoms. The van der Waals surface area contributed by atoms with Gasteiger partial charge in [0.1, 0.15) is 16.3 Å². The monoisotopic (exact) mass is 381 g/mol. The third-order valence-corrected chi connectivity index (χ3v) is 6.23. The molecule has 1 aromatic heterocycles. The number of rotatable bonds is 8. The van der Waals surface area contributed by atoms with Gasteiger partial charge in [-0.2, -0.15) is 0 Å². The average molecular weight is 382 g/mol. The van der Waals surface area contributed by atoms with Gasteiger partial charge in [0, 0.05) is 24.3 Å². The fourth-order valence-corrected chi connectivity index (χ4v) is 4.68. The van der Waals surface area contributed by atoms with Crippen LogP contribution >= 0.6 is 11.3 Å². The second-order valence-corrected chi connectivity index (χ2v) is 8.23. The number of nitrogens with zero attached hydrogens (tertiary/aromatic N) is 3. The molecule has 0 bridgehead atoms. The first-order valence-electron chi connectivity index (χ1n) is 9.91. The smallest absolute Gasteiger partial charge is 0.131 e. The number of likely N-dealkylation sites (tertiary alicyclic amines) is 1. The molecule has 3 heterocycles. The summed E-state index contributed by atoms with van der Waals surface area (Å²) in [5.74, 6) is 0.971. The van der Waals surface area contributed by atoms with Gasteiger partial charge in [-0.15, -0.1) is 11.3 Å². The van der Waals surface area contributed by atoms with Gasteiger partial charge in [0.2, 0.25) is 0 Å². The quantitative estimate of drug-likeness (QED) is 0.615. The maximum absolute atomic E-state index is 6.05. The highest BCUT2D eigenvalue weighted by Gasteiger charge is 2.32. The Labute approximate surface area is 165 Å². The standard InChI is InChI=1S/C22H27N3OS/c1-2-13-25(14-3-1)18-19-7-4-8-20(17-19)26-15-6-10-22(9-5-11-24-22)21-23-12-16-27-21/h4-5,7-9,11-12,16-17H,1-3,6,10,13-15,18H2. The molecule has 0 spiro atoms. The number of aromatic nitrogens is 1. The van der Waals surface area contributed by atoms with Gasteiger partial charge in [-0.3, -0.25) is 9.89 Å². The summed E-state index contributed by atoms with van der Waals surface area (Å²) in [7, 11) is 0. The van der Waals surface area contributed by atoms with E-state index in [0.29, 0.717) is 6.61 Å². The average Bonchev–Trinajstić information content (AvgIpc) is 3.39. The Balaban J connectivity index is 1.28. The zero-order valence-corrected chi connectivity index (χ0v) is 16.5. The Kier molecular flexibility index (Phi) is 6.00. The highest BCUT2D eigenvalue weighted by Crippen LogP contribution is 2.36. The maximum atomic E-state index is 6.05. The molecule has 2 aromatic rings. The molecule has 2 aliphatic heterocycles. The lowest BCUT2D eigenvalue weighted by atomic mass is 9.96. The summed E-state index contributed by atoms with van der Waals surface area (Å²) in [6.07, 6.45) is 13.8. The highest BCUT2D eigenvalue weighted by atomic mass is 32.1. The van der Waals surface area contributed by atoms with Crippen LogP contribution in [-0.2, 0) is 12.1 Å². The number of allylic oxidation sites excluding steroid dienone is 1. The van der Waals surface area contributed by atoms with Crippen molar-refractivity contribution in [2.75, 3.05) is 19.7 Å². The Morgan fingerprint density at radius 1 is 1.19 bits per heavy atom. The van der Waals surface area contributed by atoms with E-state index in [9.17, 15) is 0 Å². The van der Waals surface area contributed by atoms with Gasteiger partial charge in [0.15, 0.2) is 0 Å². The van der Waals surface area contributed by atoms with Gasteiger partial charge < -0.3 is 4.74 Å². The lowest BCUT2D eigenvalue weighted by Crippen LogP contribution is -2.29. The number of piperidine rings is 1. The molecule has 4 rings (SSSR count). The van der Waals surface area contributed by atoms with Gasteiger partial charge in [-0.1, -0.05) is 18.6 Å². The van der Waals surface area contributed by atoms with E-state index in [4.69, 9.17) is 4.74 Å². The summed E-state index contributed by atoms with van der Waals surface area (Å²) < 4.78 is 6.05. The zero-order chi connectivity index (χ0) is 18.4. The number of aliphatic imine (C=N–C) groups is 1. The molecular formula is C22H27N3OS. The van der Waals surface area contributed by atoms with Crippen LogP contribution in [0.4, 0.5) is 0 Å². The van der Waals surface area contributed by atoms with Crippen molar-refractivity contribution in [3.05, 3.63) is 58.6 Å². The first-order valence-corrected chi connectivity index (χ1v) is 10.8. The Hall–Kier alpha value is -1.98. The van der Waals surface area contributed by atoms with E-state index in [0.717, 1.165) is 30.1 Å². The van der Waals surface area contributed by atoms with E-state index in [-0.39, 0.29) is 5.54 Å². The normalized spacial score (nSPS) is 22.4. The lowest BCUT2D eigenvalue weighted by Gasteiger charge is -2.26. The molecule has 0 N–H and O–H groups in total. The van der Waals surface area contributed by atoms with Crippen LogP contribution < -0.4 is 4.74 Å². The van der Waals surface area contributed by atoms with Crippen LogP contribution in [0.5, 0.6) is 5.75 Å². The molecule has 1 saturated heterocycles. The largest absolute Gasteiger partial charge is 0.494 e. The second kappa shape index (κ2) is 8.81. The first kappa shape index (κ1) is 18.4. The predicted octanol–water partition coefficient (Wildman–Crippen LogP) is 4.82. The molecule has 0 aliphatic carbocycles. The lowest BCUT2D eigenvalue weighted by molar-refractivity contribution is 0.220. The Morgan fingerprint density at radius 3 is 2.89 bits per heavy atom. The van der Waals surface area contributed by atoms with Crippen molar-refractivity contribution in [1.29, 1.82) is 0 Å². The van der Waals surface area contributed by atoms with Crippen molar-refractivity contribution in [3.8, 4) is 5.75 Å². The highest BCUT2D eigenvalue weighted by molar-refractivity contribution is 7.09. The van der Waals surface area contributed by atoms with Crippen molar-refractivity contribution in [2.24, 2.45) is 4.99 Å². The summed E-state index contributed by atoms with van der Waals surface area (Å²) in [6, 6.07) is 8.56. The zero-order valence-electron chi connectivity index (χ0n) is 15.7. The van der Waals surface area contributed by atoms with E-state index < -0.39 is 0 Å². The SMILES string of the molecule is C1=CC(CCCOc2cccc(CN3CCCCC3)c2)(c2nccs2)N=C1. The number of thiazole rings is 1. The topological polar surface area (TPSA) is 37.7 Å². The number of hydrogen-bond acceptors (Lipinski definition) is 5. The molecule has 142 valence electrons. The predicted molar refractivity (Wildman–Crippen MR) is 112 cm³/mol. The molecule has 5 heteroatoms. The van der Waals surface area contributed by atoms with Crippen LogP contribution in [0.1, 0.15) is 42.7 Å². The molecule has 0 saturated carbocycles. The molecule has 2 aliphatic rings. The summed E-state index contributed by atoms with van der Waals surface area (Å²) in [6.45, 7) is 4.17. The van der Waals surface area contributed by atoms with Crippen LogP contribution in [0.2, 0.25) is 0 Å². The van der Waals surface area contributed by atoms with Gasteiger partial charge in [0.05, 0.1) is 6.61 Å². The van der Waals surface area contributed by atoms with E-state index >= 15 is 0 Å². The summed E-state index contributed by atoms with van der Waals surface area (Å²) in [4.78, 5) is 11.7. The minimum Gasteiger partial charge on any atom is -0.494 e. The third-order valence-electron chi connectivity index (χ3n) is 5.29. The van der Waals surface area contributed by atoms with E-state index in [1.807, 2.05) is 23.9 Å². The minimum absolute atomic E-state index is 0.284. The third kappa shape index (κ3) is 4.66.